The Balaban J connectivity index is 1.31. The number of rotatable bonds is 5. The van der Waals surface area contributed by atoms with Crippen molar-refractivity contribution in [1.29, 1.82) is 0 Å². The zero-order chi connectivity index (χ0) is 24.2. The Morgan fingerprint density at radius 1 is 1.06 bits per heavy atom. The maximum atomic E-state index is 13.7. The molecule has 2 saturated heterocycles. The highest BCUT2D eigenvalue weighted by Crippen LogP contribution is 2.47. The molecular formula is C26H28FN5O2S. The Morgan fingerprint density at radius 2 is 1.86 bits per heavy atom. The average Bonchev–Trinajstić information content (AvgIpc) is 3.24. The molecule has 4 heterocycles. The van der Waals surface area contributed by atoms with E-state index in [-0.39, 0.29) is 16.1 Å². The Bertz CT molecular complexity index is 1410. The van der Waals surface area contributed by atoms with E-state index >= 15 is 0 Å². The highest BCUT2D eigenvalue weighted by molar-refractivity contribution is 7.89. The molecule has 1 aliphatic carbocycles. The number of piperidine rings is 1. The SMILES string of the molecule is CC[C@]12Cc3cnn(-c4ccc(F)cc4)c3C=C1CCN(S(=O)(=O)c1cncc(N3CCC3)c1)C2. The number of hydrogen-bond acceptors (Lipinski definition) is 5. The van der Waals surface area contributed by atoms with Gasteiger partial charge in [0.25, 0.3) is 0 Å². The molecule has 0 saturated carbocycles. The second-order valence-electron chi connectivity index (χ2n) is 9.73. The van der Waals surface area contributed by atoms with Crippen LogP contribution in [0.1, 0.15) is 37.4 Å². The normalized spacial score (nSPS) is 22.2. The first-order valence-electron chi connectivity index (χ1n) is 12.1. The molecule has 3 aromatic rings. The number of hydrogen-bond donors (Lipinski definition) is 0. The van der Waals surface area contributed by atoms with Gasteiger partial charge in [-0.15, -0.1) is 0 Å². The van der Waals surface area contributed by atoms with Crippen LogP contribution in [0.4, 0.5) is 10.1 Å². The monoisotopic (exact) mass is 493 g/mol. The van der Waals surface area contributed by atoms with Crippen molar-refractivity contribution in [3.8, 4) is 5.69 Å². The van der Waals surface area contributed by atoms with E-state index in [9.17, 15) is 12.8 Å². The molecule has 0 bridgehead atoms. The summed E-state index contributed by atoms with van der Waals surface area (Å²) in [5, 5.41) is 4.58. The number of pyridine rings is 1. The minimum Gasteiger partial charge on any atom is -0.370 e. The van der Waals surface area contributed by atoms with E-state index in [0.29, 0.717) is 19.5 Å². The highest BCUT2D eigenvalue weighted by atomic mass is 32.2. The first-order valence-corrected chi connectivity index (χ1v) is 13.6. The largest absolute Gasteiger partial charge is 0.370 e. The van der Waals surface area contributed by atoms with Crippen LogP contribution < -0.4 is 4.90 Å². The second kappa shape index (κ2) is 8.27. The summed E-state index contributed by atoms with van der Waals surface area (Å²) in [4.78, 5) is 6.66. The predicted molar refractivity (Wildman–Crippen MR) is 132 cm³/mol. The Kier molecular flexibility index (Phi) is 5.30. The summed E-state index contributed by atoms with van der Waals surface area (Å²) in [5.74, 6) is -0.280. The first-order chi connectivity index (χ1) is 16.9. The summed E-state index contributed by atoms with van der Waals surface area (Å²) < 4.78 is 44.2. The van der Waals surface area contributed by atoms with Gasteiger partial charge in [0.1, 0.15) is 10.7 Å². The summed E-state index contributed by atoms with van der Waals surface area (Å²) >= 11 is 0. The molecule has 7 nitrogen and oxygen atoms in total. The van der Waals surface area contributed by atoms with Gasteiger partial charge < -0.3 is 4.90 Å². The molecule has 2 aromatic heterocycles. The molecule has 0 N–H and O–H groups in total. The van der Waals surface area contributed by atoms with Crippen molar-refractivity contribution in [3.05, 3.63) is 71.6 Å². The first kappa shape index (κ1) is 22.4. The molecule has 0 radical (unpaired) electrons. The van der Waals surface area contributed by atoms with Crippen LogP contribution in [0.15, 0.2) is 59.4 Å². The maximum absolute atomic E-state index is 13.7. The van der Waals surface area contributed by atoms with Crippen molar-refractivity contribution >= 4 is 21.8 Å². The van der Waals surface area contributed by atoms with Crippen LogP contribution in [0.25, 0.3) is 11.8 Å². The van der Waals surface area contributed by atoms with Gasteiger partial charge in [-0.3, -0.25) is 4.98 Å². The molecule has 35 heavy (non-hydrogen) atoms. The van der Waals surface area contributed by atoms with Crippen LogP contribution >= 0.6 is 0 Å². The van der Waals surface area contributed by atoms with E-state index in [1.54, 1.807) is 28.7 Å². The van der Waals surface area contributed by atoms with Gasteiger partial charge in [0.05, 0.1) is 29.5 Å². The summed E-state index contributed by atoms with van der Waals surface area (Å²) in [6, 6.07) is 8.08. The predicted octanol–water partition coefficient (Wildman–Crippen LogP) is 4.05. The number of aromatic nitrogens is 3. The third kappa shape index (κ3) is 3.68. The number of halogens is 1. The minimum absolute atomic E-state index is 0.265. The van der Waals surface area contributed by atoms with Crippen molar-refractivity contribution < 1.29 is 12.8 Å². The number of benzene rings is 1. The summed E-state index contributed by atoms with van der Waals surface area (Å²) in [5.41, 5.74) is 4.75. The van der Waals surface area contributed by atoms with Gasteiger partial charge >= 0.3 is 0 Å². The van der Waals surface area contributed by atoms with Crippen LogP contribution in [0.3, 0.4) is 0 Å². The molecule has 0 spiro atoms. The molecule has 3 aliphatic rings. The van der Waals surface area contributed by atoms with Crippen LogP contribution in [-0.4, -0.2) is 53.7 Å². The average molecular weight is 494 g/mol. The molecule has 1 atom stereocenters. The third-order valence-corrected chi connectivity index (χ3v) is 9.63. The minimum atomic E-state index is -3.66. The zero-order valence-electron chi connectivity index (χ0n) is 19.7. The molecule has 182 valence electrons. The van der Waals surface area contributed by atoms with Crippen LogP contribution in [-0.2, 0) is 16.4 Å². The van der Waals surface area contributed by atoms with E-state index in [1.165, 1.54) is 23.9 Å². The molecule has 0 amide bonds. The van der Waals surface area contributed by atoms with Crippen LogP contribution in [0.5, 0.6) is 0 Å². The highest BCUT2D eigenvalue weighted by Gasteiger charge is 2.45. The van der Waals surface area contributed by atoms with Gasteiger partial charge in [0.2, 0.25) is 10.0 Å². The van der Waals surface area contributed by atoms with E-state index in [4.69, 9.17) is 0 Å². The quantitative estimate of drug-likeness (QED) is 0.536. The lowest BCUT2D eigenvalue weighted by molar-refractivity contribution is 0.204. The van der Waals surface area contributed by atoms with Crippen LogP contribution in [0, 0.1) is 11.2 Å². The third-order valence-electron chi connectivity index (χ3n) is 7.82. The van der Waals surface area contributed by atoms with Gasteiger partial charge in [-0.25, -0.2) is 17.5 Å². The summed E-state index contributed by atoms with van der Waals surface area (Å²) in [6.07, 6.45) is 10.6. The fourth-order valence-corrected chi connectivity index (χ4v) is 7.05. The van der Waals surface area contributed by atoms with Crippen molar-refractivity contribution in [2.24, 2.45) is 5.41 Å². The lowest BCUT2D eigenvalue weighted by Crippen LogP contribution is -2.49. The summed E-state index contributed by atoms with van der Waals surface area (Å²) in [7, 11) is -3.66. The van der Waals surface area contributed by atoms with Gasteiger partial charge in [0, 0.05) is 37.8 Å². The van der Waals surface area contributed by atoms with Crippen molar-refractivity contribution in [3.63, 3.8) is 0 Å². The maximum Gasteiger partial charge on any atom is 0.244 e. The number of sulfonamides is 1. The molecule has 9 heteroatoms. The van der Waals surface area contributed by atoms with Crippen molar-refractivity contribution in [2.45, 2.75) is 37.5 Å². The Morgan fingerprint density at radius 3 is 2.57 bits per heavy atom. The molecule has 1 aromatic carbocycles. The van der Waals surface area contributed by atoms with Gasteiger partial charge in [-0.1, -0.05) is 12.5 Å². The van der Waals surface area contributed by atoms with Gasteiger partial charge in [-0.2, -0.15) is 9.40 Å². The second-order valence-corrected chi connectivity index (χ2v) is 11.7. The lowest BCUT2D eigenvalue weighted by atomic mass is 9.67. The molecule has 6 rings (SSSR count). The van der Waals surface area contributed by atoms with E-state index in [2.05, 4.69) is 28.0 Å². The summed E-state index contributed by atoms with van der Waals surface area (Å²) in [6.45, 7) is 4.88. The molecule has 2 aliphatic heterocycles. The Labute approximate surface area is 204 Å². The fourth-order valence-electron chi connectivity index (χ4n) is 5.54. The topological polar surface area (TPSA) is 71.3 Å². The Hall–Kier alpha value is -3.04. The van der Waals surface area contributed by atoms with Crippen LogP contribution in [0.2, 0.25) is 0 Å². The van der Waals surface area contributed by atoms with Gasteiger partial charge in [-0.05, 0) is 67.7 Å². The van der Waals surface area contributed by atoms with E-state index in [0.717, 1.165) is 55.0 Å². The van der Waals surface area contributed by atoms with Gasteiger partial charge in [0.15, 0.2) is 0 Å². The number of nitrogens with zero attached hydrogens (tertiary/aromatic N) is 5. The molecule has 2 fully saturated rings. The van der Waals surface area contributed by atoms with Crippen molar-refractivity contribution in [1.82, 2.24) is 19.1 Å². The number of fused-ring (bicyclic) bond motifs is 2. The molecule has 0 unspecified atom stereocenters. The standard InChI is InChI=1S/C26H28FN5O2S/c1-2-26-14-19-15-29-32(22-6-4-21(27)5-7-22)25(19)12-20(26)8-11-31(18-26)35(33,34)24-13-23(16-28-17-24)30-9-3-10-30/h4-7,12-13,15-17H,2-3,8-11,14,18H2,1H3/t26-/m1/s1. The fraction of sp³-hybridized carbons (Fsp3) is 0.385. The lowest BCUT2D eigenvalue weighted by Gasteiger charge is -2.45. The van der Waals surface area contributed by atoms with E-state index < -0.39 is 10.0 Å². The molecular weight excluding hydrogens is 465 g/mol. The number of anilines is 1. The zero-order valence-corrected chi connectivity index (χ0v) is 20.5. The van der Waals surface area contributed by atoms with Crippen molar-refractivity contribution in [2.75, 3.05) is 31.1 Å². The smallest absolute Gasteiger partial charge is 0.244 e. The van der Waals surface area contributed by atoms with E-state index in [1.807, 2.05) is 10.9 Å².